The zero-order chi connectivity index (χ0) is 18.9. The Bertz CT molecular complexity index is 316. The zero-order valence-electron chi connectivity index (χ0n) is 15.5. The number of unbranched alkanes of at least 4 members (excludes halogenated alkanes) is 11. The van der Waals surface area contributed by atoms with Crippen LogP contribution in [0, 0.1) is 0 Å². The first-order valence-electron chi connectivity index (χ1n) is 9.60. The zero-order valence-corrected chi connectivity index (χ0v) is 18.5. The van der Waals surface area contributed by atoms with Crippen molar-refractivity contribution >= 4 is 52.4 Å². The number of hydrogen-bond donors (Lipinski definition) is 0. The molecule has 6 heteroatoms. The van der Waals surface area contributed by atoms with Gasteiger partial charge in [0, 0.05) is 5.88 Å². The van der Waals surface area contributed by atoms with E-state index >= 15 is 0 Å². The molecule has 0 saturated heterocycles. The Morgan fingerprint density at radius 3 is 1.56 bits per heavy atom. The predicted molar refractivity (Wildman–Crippen MR) is 112 cm³/mol. The summed E-state index contributed by atoms with van der Waals surface area (Å²) < 4.78 is 4.59. The molecule has 2 nitrogen and oxygen atoms in total. The maximum atomic E-state index is 11.3. The van der Waals surface area contributed by atoms with Crippen LogP contribution in [0.15, 0.2) is 0 Å². The number of ether oxygens (including phenoxy) is 1. The standard InChI is InChI=1S/C19H34Cl4O2/c1-25-19(24)18(23)17(22)16(21)14-12-10-8-6-4-2-3-5-7-9-11-13-15-20/h16-18H,2-15H2,1H3. The summed E-state index contributed by atoms with van der Waals surface area (Å²) in [6, 6.07) is 0. The molecule has 25 heavy (non-hydrogen) atoms. The van der Waals surface area contributed by atoms with Crippen molar-refractivity contribution in [3.63, 3.8) is 0 Å². The minimum atomic E-state index is -0.885. The molecule has 0 N–H and O–H groups in total. The van der Waals surface area contributed by atoms with E-state index in [0.717, 1.165) is 31.6 Å². The second-order valence-electron chi connectivity index (χ2n) is 6.61. The number of alkyl halides is 4. The highest BCUT2D eigenvalue weighted by Gasteiger charge is 2.30. The number of carbonyl (C=O) groups excluding carboxylic acids is 1. The predicted octanol–water partition coefficient (Wildman–Crippen LogP) is 7.29. The average molecular weight is 436 g/mol. The third-order valence-corrected chi connectivity index (χ3v) is 6.44. The summed E-state index contributed by atoms with van der Waals surface area (Å²) in [6.45, 7) is 0. The fraction of sp³-hybridized carbons (Fsp3) is 0.947. The number of carbonyl (C=O) groups is 1. The van der Waals surface area contributed by atoms with E-state index < -0.39 is 16.7 Å². The van der Waals surface area contributed by atoms with Gasteiger partial charge in [0.25, 0.3) is 0 Å². The SMILES string of the molecule is COC(=O)C(Cl)C(Cl)C(Cl)CCCCCCCCCCCCCCCl. The summed E-state index contributed by atoms with van der Waals surface area (Å²) in [5.41, 5.74) is 0. The van der Waals surface area contributed by atoms with Crippen molar-refractivity contribution < 1.29 is 9.53 Å². The Morgan fingerprint density at radius 1 is 0.760 bits per heavy atom. The van der Waals surface area contributed by atoms with Crippen molar-refractivity contribution in [1.82, 2.24) is 0 Å². The molecule has 0 aromatic rings. The van der Waals surface area contributed by atoms with Gasteiger partial charge in [-0.3, -0.25) is 4.79 Å². The molecule has 0 spiro atoms. The first-order chi connectivity index (χ1) is 12.0. The minimum absolute atomic E-state index is 0.304. The van der Waals surface area contributed by atoms with E-state index in [4.69, 9.17) is 46.4 Å². The van der Waals surface area contributed by atoms with Gasteiger partial charge in [-0.15, -0.1) is 46.4 Å². The van der Waals surface area contributed by atoms with Crippen LogP contribution < -0.4 is 0 Å². The summed E-state index contributed by atoms with van der Waals surface area (Å²) in [6.07, 6.45) is 15.9. The van der Waals surface area contributed by atoms with Crippen LogP contribution in [0.4, 0.5) is 0 Å². The Balaban J connectivity index is 3.41. The maximum absolute atomic E-state index is 11.3. The van der Waals surface area contributed by atoms with Crippen molar-refractivity contribution in [3.8, 4) is 0 Å². The molecule has 0 heterocycles. The molecule has 0 amide bonds. The molecule has 0 rings (SSSR count). The Hall–Kier alpha value is 0.630. The number of rotatable bonds is 17. The van der Waals surface area contributed by atoms with Crippen LogP contribution in [0.3, 0.4) is 0 Å². The summed E-state index contributed by atoms with van der Waals surface area (Å²) >= 11 is 24.0. The van der Waals surface area contributed by atoms with E-state index in [2.05, 4.69) is 4.74 Å². The number of methoxy groups -OCH3 is 1. The molecular formula is C19H34Cl4O2. The van der Waals surface area contributed by atoms with Gasteiger partial charge in [-0.25, -0.2) is 0 Å². The topological polar surface area (TPSA) is 26.3 Å². The molecule has 0 bridgehead atoms. The van der Waals surface area contributed by atoms with E-state index in [1.807, 2.05) is 0 Å². The van der Waals surface area contributed by atoms with Crippen molar-refractivity contribution in [3.05, 3.63) is 0 Å². The molecule has 150 valence electrons. The summed E-state index contributed by atoms with van der Waals surface area (Å²) in [5, 5.41) is -1.79. The number of esters is 1. The molecule has 0 saturated carbocycles. The normalized spacial score (nSPS) is 14.9. The molecule has 3 atom stereocenters. The van der Waals surface area contributed by atoms with Crippen LogP contribution in [-0.2, 0) is 9.53 Å². The van der Waals surface area contributed by atoms with Crippen molar-refractivity contribution in [1.29, 1.82) is 0 Å². The van der Waals surface area contributed by atoms with Gasteiger partial charge >= 0.3 is 5.97 Å². The molecule has 0 aromatic carbocycles. The van der Waals surface area contributed by atoms with Gasteiger partial charge in [0.2, 0.25) is 0 Å². The third-order valence-electron chi connectivity index (χ3n) is 4.41. The van der Waals surface area contributed by atoms with Crippen LogP contribution in [0.25, 0.3) is 0 Å². The monoisotopic (exact) mass is 434 g/mol. The van der Waals surface area contributed by atoms with Gasteiger partial charge in [-0.2, -0.15) is 0 Å². The van der Waals surface area contributed by atoms with Crippen LogP contribution in [0.2, 0.25) is 0 Å². The van der Waals surface area contributed by atoms with Gasteiger partial charge in [0.15, 0.2) is 0 Å². The molecule has 0 aliphatic carbocycles. The largest absolute Gasteiger partial charge is 0.468 e. The molecule has 0 radical (unpaired) electrons. The molecule has 0 aliphatic heterocycles. The quantitative estimate of drug-likeness (QED) is 0.136. The lowest BCUT2D eigenvalue weighted by Crippen LogP contribution is -2.32. The lowest BCUT2D eigenvalue weighted by molar-refractivity contribution is -0.140. The second kappa shape index (κ2) is 18.0. The van der Waals surface area contributed by atoms with Crippen molar-refractivity contribution in [2.75, 3.05) is 13.0 Å². The van der Waals surface area contributed by atoms with E-state index in [0.29, 0.717) is 0 Å². The molecular weight excluding hydrogens is 402 g/mol. The summed E-state index contributed by atoms with van der Waals surface area (Å²) in [7, 11) is 1.30. The third kappa shape index (κ3) is 14.4. The van der Waals surface area contributed by atoms with Crippen LogP contribution in [0.5, 0.6) is 0 Å². The smallest absolute Gasteiger partial charge is 0.325 e. The minimum Gasteiger partial charge on any atom is -0.468 e. The summed E-state index contributed by atoms with van der Waals surface area (Å²) in [5.74, 6) is 0.277. The van der Waals surface area contributed by atoms with Crippen molar-refractivity contribution in [2.24, 2.45) is 0 Å². The van der Waals surface area contributed by atoms with Gasteiger partial charge < -0.3 is 4.74 Å². The fourth-order valence-corrected chi connectivity index (χ4v) is 3.84. The molecule has 0 aromatic heterocycles. The van der Waals surface area contributed by atoms with E-state index in [1.54, 1.807) is 0 Å². The second-order valence-corrected chi connectivity index (χ2v) is 8.52. The molecule has 0 fully saturated rings. The lowest BCUT2D eigenvalue weighted by atomic mass is 10.0. The molecule has 3 unspecified atom stereocenters. The van der Waals surface area contributed by atoms with Crippen LogP contribution in [-0.4, -0.2) is 35.1 Å². The highest BCUT2D eigenvalue weighted by atomic mass is 35.5. The number of hydrogen-bond acceptors (Lipinski definition) is 2. The highest BCUT2D eigenvalue weighted by molar-refractivity contribution is 6.39. The summed E-state index contributed by atoms with van der Waals surface area (Å²) in [4.78, 5) is 11.3. The Labute approximate surface area is 174 Å². The fourth-order valence-electron chi connectivity index (χ4n) is 2.79. The highest BCUT2D eigenvalue weighted by Crippen LogP contribution is 2.24. The van der Waals surface area contributed by atoms with Gasteiger partial charge in [0.05, 0.1) is 17.9 Å². The van der Waals surface area contributed by atoms with Crippen LogP contribution in [0.1, 0.15) is 83.5 Å². The van der Waals surface area contributed by atoms with E-state index in [9.17, 15) is 4.79 Å². The average Bonchev–Trinajstić information content (AvgIpc) is 2.63. The van der Waals surface area contributed by atoms with E-state index in [-0.39, 0.29) is 5.38 Å². The van der Waals surface area contributed by atoms with Gasteiger partial charge in [-0.05, 0) is 12.8 Å². The molecule has 0 aliphatic rings. The van der Waals surface area contributed by atoms with Crippen LogP contribution >= 0.6 is 46.4 Å². The van der Waals surface area contributed by atoms with Crippen molar-refractivity contribution in [2.45, 2.75) is 99.6 Å². The van der Waals surface area contributed by atoms with E-state index in [1.165, 1.54) is 64.9 Å². The Morgan fingerprint density at radius 2 is 1.16 bits per heavy atom. The number of halogens is 4. The first kappa shape index (κ1) is 25.6. The van der Waals surface area contributed by atoms with Gasteiger partial charge in [0.1, 0.15) is 5.38 Å². The maximum Gasteiger partial charge on any atom is 0.325 e. The first-order valence-corrected chi connectivity index (χ1v) is 11.4. The lowest BCUT2D eigenvalue weighted by Gasteiger charge is -2.19. The Kier molecular flexibility index (Phi) is 18.5. The van der Waals surface area contributed by atoms with Gasteiger partial charge in [-0.1, -0.05) is 70.6 Å².